The molecule has 0 amide bonds. The number of benzene rings is 1. The van der Waals surface area contributed by atoms with Crippen LogP contribution in [-0.4, -0.2) is 16.8 Å². The average Bonchev–Trinajstić information content (AvgIpc) is 2.31. The van der Waals surface area contributed by atoms with E-state index in [4.69, 9.17) is 4.74 Å². The van der Waals surface area contributed by atoms with Gasteiger partial charge in [-0.25, -0.2) is 14.4 Å². The van der Waals surface area contributed by atoms with Gasteiger partial charge >= 0.3 is 0 Å². The number of ether oxygens (including phenoxy) is 1. The first kappa shape index (κ1) is 9.58. The van der Waals surface area contributed by atoms with Crippen molar-refractivity contribution in [2.75, 3.05) is 6.86 Å². The summed E-state index contributed by atoms with van der Waals surface area (Å²) in [7, 11) is 0. The molecule has 0 unspecified atom stereocenters. The van der Waals surface area contributed by atoms with Crippen molar-refractivity contribution >= 4 is 0 Å². The second-order valence-corrected chi connectivity index (χ2v) is 2.88. The van der Waals surface area contributed by atoms with Gasteiger partial charge in [-0.15, -0.1) is 0 Å². The normalized spacial score (nSPS) is 9.93. The fourth-order valence-corrected chi connectivity index (χ4v) is 1.33. The van der Waals surface area contributed by atoms with E-state index < -0.39 is 6.86 Å². The molecule has 0 bridgehead atoms. The molecule has 1 aromatic carbocycles. The van der Waals surface area contributed by atoms with Gasteiger partial charge in [-0.05, 0) is 6.07 Å². The van der Waals surface area contributed by atoms with Crippen molar-refractivity contribution in [3.63, 3.8) is 0 Å². The van der Waals surface area contributed by atoms with Gasteiger partial charge in [0, 0.05) is 23.5 Å². The lowest BCUT2D eigenvalue weighted by Gasteiger charge is -2.07. The fraction of sp³-hybridized carbons (Fsp3) is 0.0909. The largest absolute Gasteiger partial charge is 0.462 e. The molecule has 0 saturated carbocycles. The van der Waals surface area contributed by atoms with E-state index in [1.807, 2.05) is 12.1 Å². The van der Waals surface area contributed by atoms with Crippen LogP contribution in [0.1, 0.15) is 0 Å². The molecule has 0 N–H and O–H groups in total. The van der Waals surface area contributed by atoms with Crippen LogP contribution < -0.4 is 4.74 Å². The van der Waals surface area contributed by atoms with E-state index in [-0.39, 0.29) is 0 Å². The van der Waals surface area contributed by atoms with Gasteiger partial charge in [0.1, 0.15) is 12.1 Å². The molecule has 15 heavy (non-hydrogen) atoms. The summed E-state index contributed by atoms with van der Waals surface area (Å²) < 4.78 is 17.0. The summed E-state index contributed by atoms with van der Waals surface area (Å²) in [5.41, 5.74) is 1.59. The highest BCUT2D eigenvalue weighted by atomic mass is 19.1. The maximum atomic E-state index is 12.1. The molecule has 0 fully saturated rings. The number of rotatable bonds is 3. The second-order valence-electron chi connectivity index (χ2n) is 2.88. The Morgan fingerprint density at radius 3 is 2.60 bits per heavy atom. The summed E-state index contributed by atoms with van der Waals surface area (Å²) in [6, 6.07) is 7.19. The predicted molar refractivity (Wildman–Crippen MR) is 54.1 cm³/mol. The lowest BCUT2D eigenvalue weighted by Crippen LogP contribution is -1.93. The predicted octanol–water partition coefficient (Wildman–Crippen LogP) is 2.45. The van der Waals surface area contributed by atoms with Crippen LogP contribution in [0.15, 0.2) is 43.0 Å². The average molecular weight is 204 g/mol. The lowest BCUT2D eigenvalue weighted by atomic mass is 10.1. The Hall–Kier alpha value is -1.97. The number of hydrogen-bond donors (Lipinski definition) is 0. The summed E-state index contributed by atoms with van der Waals surface area (Å²) in [5.74, 6) is 0.495. The van der Waals surface area contributed by atoms with Crippen LogP contribution in [0.4, 0.5) is 4.39 Å². The van der Waals surface area contributed by atoms with Crippen LogP contribution in [0.5, 0.6) is 5.75 Å². The smallest absolute Gasteiger partial charge is 0.228 e. The van der Waals surface area contributed by atoms with E-state index in [0.29, 0.717) is 5.75 Å². The topological polar surface area (TPSA) is 35.0 Å². The van der Waals surface area contributed by atoms with E-state index in [1.54, 1.807) is 24.5 Å². The van der Waals surface area contributed by atoms with Crippen LogP contribution >= 0.6 is 0 Å². The molecule has 0 saturated heterocycles. The zero-order valence-electron chi connectivity index (χ0n) is 7.93. The Balaban J connectivity index is 2.43. The van der Waals surface area contributed by atoms with Crippen LogP contribution in [0, 0.1) is 0 Å². The molecular formula is C11H9FN2O. The molecule has 0 aliphatic carbocycles. The molecule has 3 nitrogen and oxygen atoms in total. The Kier molecular flexibility index (Phi) is 2.88. The van der Waals surface area contributed by atoms with Crippen LogP contribution in [0.2, 0.25) is 0 Å². The molecule has 4 heteroatoms. The minimum Gasteiger partial charge on any atom is -0.462 e. The van der Waals surface area contributed by atoms with E-state index in [2.05, 4.69) is 9.97 Å². The van der Waals surface area contributed by atoms with Crippen molar-refractivity contribution < 1.29 is 9.13 Å². The van der Waals surface area contributed by atoms with Gasteiger partial charge in [-0.2, -0.15) is 0 Å². The van der Waals surface area contributed by atoms with Crippen molar-refractivity contribution in [2.45, 2.75) is 0 Å². The van der Waals surface area contributed by atoms with Crippen LogP contribution in [0.25, 0.3) is 11.1 Å². The number of halogens is 1. The summed E-state index contributed by atoms with van der Waals surface area (Å²) in [6.07, 6.45) is 4.77. The molecule has 0 radical (unpaired) electrons. The van der Waals surface area contributed by atoms with E-state index in [0.717, 1.165) is 11.1 Å². The first-order valence-corrected chi connectivity index (χ1v) is 4.45. The zero-order chi connectivity index (χ0) is 10.5. The maximum absolute atomic E-state index is 12.1. The Morgan fingerprint density at radius 1 is 1.13 bits per heavy atom. The van der Waals surface area contributed by atoms with E-state index in [1.165, 1.54) is 6.33 Å². The second kappa shape index (κ2) is 4.50. The van der Waals surface area contributed by atoms with Crippen molar-refractivity contribution in [2.24, 2.45) is 0 Å². The van der Waals surface area contributed by atoms with Gasteiger partial charge in [0.15, 0.2) is 0 Å². The van der Waals surface area contributed by atoms with Gasteiger partial charge in [0.05, 0.1) is 0 Å². The van der Waals surface area contributed by atoms with Crippen molar-refractivity contribution in [3.8, 4) is 16.9 Å². The lowest BCUT2D eigenvalue weighted by molar-refractivity contribution is 0.192. The molecule has 1 heterocycles. The number of aromatic nitrogens is 2. The molecule has 0 spiro atoms. The molecule has 2 aromatic rings. The minimum atomic E-state index is -0.843. The molecule has 0 aliphatic heterocycles. The summed E-state index contributed by atoms with van der Waals surface area (Å²) in [4.78, 5) is 7.80. The van der Waals surface area contributed by atoms with Crippen molar-refractivity contribution in [1.82, 2.24) is 9.97 Å². The maximum Gasteiger partial charge on any atom is 0.228 e. The first-order valence-electron chi connectivity index (χ1n) is 4.45. The van der Waals surface area contributed by atoms with Crippen LogP contribution in [-0.2, 0) is 0 Å². The summed E-state index contributed by atoms with van der Waals surface area (Å²) >= 11 is 0. The van der Waals surface area contributed by atoms with Crippen molar-refractivity contribution in [1.29, 1.82) is 0 Å². The zero-order valence-corrected chi connectivity index (χ0v) is 7.93. The van der Waals surface area contributed by atoms with Crippen molar-refractivity contribution in [3.05, 3.63) is 43.0 Å². The first-order chi connectivity index (χ1) is 7.42. The minimum absolute atomic E-state index is 0.495. The fourth-order valence-electron chi connectivity index (χ4n) is 1.33. The molecule has 0 aliphatic rings. The molecular weight excluding hydrogens is 195 g/mol. The Labute approximate surface area is 86.6 Å². The Morgan fingerprint density at radius 2 is 1.87 bits per heavy atom. The highest BCUT2D eigenvalue weighted by Gasteiger charge is 2.05. The van der Waals surface area contributed by atoms with Gasteiger partial charge in [0.2, 0.25) is 6.86 Å². The molecule has 1 aromatic heterocycles. The molecule has 2 rings (SSSR count). The molecule has 76 valence electrons. The standard InChI is InChI=1S/C11H9FN2O/c12-7-15-11-4-2-1-3-10(11)9-5-13-8-14-6-9/h1-6,8H,7H2. The number of hydrogen-bond acceptors (Lipinski definition) is 3. The summed E-state index contributed by atoms with van der Waals surface area (Å²) in [6.45, 7) is -0.843. The van der Waals surface area contributed by atoms with Gasteiger partial charge in [-0.1, -0.05) is 18.2 Å². The number of alkyl halides is 1. The molecule has 0 atom stereocenters. The Bertz CT molecular complexity index is 434. The number of para-hydroxylation sites is 1. The third kappa shape index (κ3) is 2.10. The van der Waals surface area contributed by atoms with Gasteiger partial charge in [-0.3, -0.25) is 0 Å². The monoisotopic (exact) mass is 204 g/mol. The van der Waals surface area contributed by atoms with E-state index >= 15 is 0 Å². The highest BCUT2D eigenvalue weighted by Crippen LogP contribution is 2.28. The third-order valence-electron chi connectivity index (χ3n) is 1.97. The number of nitrogens with zero attached hydrogens (tertiary/aromatic N) is 2. The van der Waals surface area contributed by atoms with Crippen LogP contribution in [0.3, 0.4) is 0 Å². The van der Waals surface area contributed by atoms with E-state index in [9.17, 15) is 4.39 Å². The van der Waals surface area contributed by atoms with Gasteiger partial charge < -0.3 is 4.74 Å². The third-order valence-corrected chi connectivity index (χ3v) is 1.97. The van der Waals surface area contributed by atoms with Gasteiger partial charge in [0.25, 0.3) is 0 Å². The SMILES string of the molecule is FCOc1ccccc1-c1cncnc1. The quantitative estimate of drug-likeness (QED) is 0.770. The summed E-state index contributed by atoms with van der Waals surface area (Å²) in [5, 5.41) is 0. The highest BCUT2D eigenvalue weighted by molar-refractivity contribution is 5.68.